The van der Waals surface area contributed by atoms with Crippen molar-refractivity contribution in [2.24, 2.45) is 0 Å². The highest BCUT2D eigenvalue weighted by atomic mass is 35.5. The second-order valence-electron chi connectivity index (χ2n) is 7.13. The molecule has 0 spiro atoms. The molecule has 0 N–H and O–H groups in total. The summed E-state index contributed by atoms with van der Waals surface area (Å²) in [6.07, 6.45) is 1.72. The Bertz CT molecular complexity index is 1050. The molecular weight excluding hydrogens is 440 g/mol. The minimum absolute atomic E-state index is 0.0297. The maximum Gasteiger partial charge on any atom is 0.294 e. The number of halogens is 1. The van der Waals surface area contributed by atoms with Crippen molar-refractivity contribution in [3.05, 3.63) is 74.1 Å². The van der Waals surface area contributed by atoms with Crippen molar-refractivity contribution in [1.29, 1.82) is 0 Å². The van der Waals surface area contributed by atoms with Crippen LogP contribution in [0.3, 0.4) is 0 Å². The maximum atomic E-state index is 12.7. The Morgan fingerprint density at radius 2 is 1.74 bits per heavy atom. The van der Waals surface area contributed by atoms with E-state index in [-0.39, 0.29) is 23.5 Å². The van der Waals surface area contributed by atoms with Crippen molar-refractivity contribution in [3.63, 3.8) is 0 Å². The molecular formula is C21H19ClN4O4S. The van der Waals surface area contributed by atoms with Crippen molar-refractivity contribution in [3.8, 4) is 0 Å². The molecule has 2 aliphatic heterocycles. The van der Waals surface area contributed by atoms with E-state index in [2.05, 4.69) is 0 Å². The number of anilines is 1. The molecule has 4 rings (SSSR count). The number of thioether (sulfide) groups is 1. The zero-order chi connectivity index (χ0) is 22.0. The van der Waals surface area contributed by atoms with Crippen LogP contribution < -0.4 is 4.90 Å². The minimum atomic E-state index is -0.438. The van der Waals surface area contributed by atoms with E-state index in [1.165, 1.54) is 11.0 Å². The fourth-order valence-corrected chi connectivity index (χ4v) is 4.72. The van der Waals surface area contributed by atoms with Crippen molar-refractivity contribution in [1.82, 2.24) is 9.80 Å². The SMILES string of the molecule is O=C1S/C(=C\c2ccccc2)C(=O)N1CN1CCN(c2c(Cl)cccc2[N+](=O)[O-])CC1. The summed E-state index contributed by atoms with van der Waals surface area (Å²) in [5.74, 6) is -0.303. The van der Waals surface area contributed by atoms with Gasteiger partial charge in [0.1, 0.15) is 5.69 Å². The molecule has 0 atom stereocenters. The van der Waals surface area contributed by atoms with Crippen LogP contribution >= 0.6 is 23.4 Å². The van der Waals surface area contributed by atoms with Crippen LogP contribution in [0.5, 0.6) is 0 Å². The Hall–Kier alpha value is -2.88. The summed E-state index contributed by atoms with van der Waals surface area (Å²) in [7, 11) is 0. The van der Waals surface area contributed by atoms with Gasteiger partial charge in [-0.2, -0.15) is 0 Å². The Kier molecular flexibility index (Phi) is 6.26. The van der Waals surface area contributed by atoms with Gasteiger partial charge in [0.05, 0.1) is 21.5 Å². The number of carbonyl (C=O) groups is 2. The third-order valence-electron chi connectivity index (χ3n) is 5.16. The van der Waals surface area contributed by atoms with E-state index < -0.39 is 4.92 Å². The van der Waals surface area contributed by atoms with Gasteiger partial charge in [0.2, 0.25) is 0 Å². The molecule has 31 heavy (non-hydrogen) atoms. The molecule has 2 aromatic carbocycles. The second kappa shape index (κ2) is 9.09. The molecule has 0 unspecified atom stereocenters. The molecule has 2 aliphatic rings. The number of para-hydroxylation sites is 1. The second-order valence-corrected chi connectivity index (χ2v) is 8.53. The van der Waals surface area contributed by atoms with Crippen LogP contribution in [0.4, 0.5) is 16.2 Å². The Morgan fingerprint density at radius 1 is 1.03 bits per heavy atom. The number of hydrogen-bond acceptors (Lipinski definition) is 7. The number of hydrogen-bond donors (Lipinski definition) is 0. The number of rotatable bonds is 5. The average Bonchev–Trinajstić information content (AvgIpc) is 3.02. The van der Waals surface area contributed by atoms with Crippen LogP contribution in [0.2, 0.25) is 5.02 Å². The first-order valence-electron chi connectivity index (χ1n) is 9.64. The number of benzene rings is 2. The lowest BCUT2D eigenvalue weighted by Gasteiger charge is -2.37. The first-order chi connectivity index (χ1) is 14.9. The van der Waals surface area contributed by atoms with Crippen LogP contribution in [0, 0.1) is 10.1 Å². The highest BCUT2D eigenvalue weighted by Crippen LogP contribution is 2.36. The standard InChI is InChI=1S/C21H19ClN4O4S/c22-16-7-4-8-17(26(29)30)19(16)24-11-9-23(10-12-24)14-25-20(27)18(31-21(25)28)13-15-5-2-1-3-6-15/h1-8,13H,9-12,14H2/b18-13-. The Morgan fingerprint density at radius 3 is 2.42 bits per heavy atom. The number of nitro benzene ring substituents is 1. The molecule has 2 amide bonds. The van der Waals surface area contributed by atoms with Crippen LogP contribution in [0.1, 0.15) is 5.56 Å². The largest absolute Gasteiger partial charge is 0.362 e. The fourth-order valence-electron chi connectivity index (χ4n) is 3.60. The predicted octanol–water partition coefficient (Wildman–Crippen LogP) is 4.06. The molecule has 0 saturated carbocycles. The molecule has 0 aliphatic carbocycles. The number of imide groups is 1. The summed E-state index contributed by atoms with van der Waals surface area (Å²) >= 11 is 7.17. The lowest BCUT2D eigenvalue weighted by molar-refractivity contribution is -0.384. The molecule has 0 radical (unpaired) electrons. The van der Waals surface area contributed by atoms with Gasteiger partial charge in [0.15, 0.2) is 0 Å². The van der Waals surface area contributed by atoms with Crippen molar-refractivity contribution in [2.45, 2.75) is 0 Å². The van der Waals surface area contributed by atoms with Gasteiger partial charge >= 0.3 is 0 Å². The number of nitro groups is 1. The van der Waals surface area contributed by atoms with Gasteiger partial charge in [-0.1, -0.05) is 48.0 Å². The Labute approximate surface area is 188 Å². The summed E-state index contributed by atoms with van der Waals surface area (Å²) in [5, 5.41) is 11.4. The van der Waals surface area contributed by atoms with Crippen molar-refractivity contribution < 1.29 is 14.5 Å². The first kappa shape index (κ1) is 21.4. The van der Waals surface area contributed by atoms with E-state index >= 15 is 0 Å². The van der Waals surface area contributed by atoms with E-state index in [9.17, 15) is 19.7 Å². The molecule has 0 bridgehead atoms. The third kappa shape index (κ3) is 4.58. The average molecular weight is 459 g/mol. The highest BCUT2D eigenvalue weighted by Gasteiger charge is 2.37. The number of carbonyl (C=O) groups excluding carboxylic acids is 2. The van der Waals surface area contributed by atoms with Crippen LogP contribution in [-0.2, 0) is 4.79 Å². The van der Waals surface area contributed by atoms with Crippen molar-refractivity contribution in [2.75, 3.05) is 37.7 Å². The lowest BCUT2D eigenvalue weighted by Crippen LogP contribution is -2.51. The molecule has 0 aromatic heterocycles. The van der Waals surface area contributed by atoms with Gasteiger partial charge in [0.25, 0.3) is 16.8 Å². The van der Waals surface area contributed by atoms with Gasteiger partial charge in [-0.15, -0.1) is 0 Å². The van der Waals surface area contributed by atoms with Gasteiger partial charge < -0.3 is 4.90 Å². The van der Waals surface area contributed by atoms with Gasteiger partial charge in [-0.3, -0.25) is 29.5 Å². The minimum Gasteiger partial charge on any atom is -0.362 e. The molecule has 8 nitrogen and oxygen atoms in total. The van der Waals surface area contributed by atoms with Crippen LogP contribution in [-0.4, -0.2) is 58.7 Å². The summed E-state index contributed by atoms with van der Waals surface area (Å²) in [5.41, 5.74) is 1.24. The summed E-state index contributed by atoms with van der Waals surface area (Å²) < 4.78 is 0. The maximum absolute atomic E-state index is 12.7. The van der Waals surface area contributed by atoms with Gasteiger partial charge in [-0.05, 0) is 29.5 Å². The third-order valence-corrected chi connectivity index (χ3v) is 6.38. The Balaban J connectivity index is 1.41. The zero-order valence-electron chi connectivity index (χ0n) is 16.4. The fraction of sp³-hybridized carbons (Fsp3) is 0.238. The normalized spacial score (nSPS) is 18.8. The summed E-state index contributed by atoms with van der Waals surface area (Å²) in [4.78, 5) is 41.6. The molecule has 10 heteroatoms. The topological polar surface area (TPSA) is 87.0 Å². The van der Waals surface area contributed by atoms with Crippen LogP contribution in [0.25, 0.3) is 6.08 Å². The van der Waals surface area contributed by atoms with E-state index in [0.717, 1.165) is 17.3 Å². The number of amides is 2. The number of piperazine rings is 1. The smallest absolute Gasteiger partial charge is 0.294 e. The first-order valence-corrected chi connectivity index (χ1v) is 10.8. The monoisotopic (exact) mass is 458 g/mol. The quantitative estimate of drug-likeness (QED) is 0.379. The van der Waals surface area contributed by atoms with Gasteiger partial charge in [-0.25, -0.2) is 0 Å². The molecule has 160 valence electrons. The van der Waals surface area contributed by atoms with E-state index in [1.54, 1.807) is 18.2 Å². The summed E-state index contributed by atoms with van der Waals surface area (Å²) in [6, 6.07) is 14.0. The van der Waals surface area contributed by atoms with E-state index in [1.807, 2.05) is 40.1 Å². The number of nitrogens with zero attached hydrogens (tertiary/aromatic N) is 4. The molecule has 2 saturated heterocycles. The highest BCUT2D eigenvalue weighted by molar-refractivity contribution is 8.18. The zero-order valence-corrected chi connectivity index (χ0v) is 18.0. The van der Waals surface area contributed by atoms with E-state index in [0.29, 0.717) is 41.8 Å². The van der Waals surface area contributed by atoms with Crippen LogP contribution in [0.15, 0.2) is 53.4 Å². The van der Waals surface area contributed by atoms with Gasteiger partial charge in [0, 0.05) is 32.2 Å². The van der Waals surface area contributed by atoms with E-state index in [4.69, 9.17) is 11.6 Å². The lowest BCUT2D eigenvalue weighted by atomic mass is 10.2. The summed E-state index contributed by atoms with van der Waals surface area (Å²) in [6.45, 7) is 2.28. The molecule has 2 heterocycles. The van der Waals surface area contributed by atoms with Crippen molar-refractivity contribution >= 4 is 52.0 Å². The predicted molar refractivity (Wildman–Crippen MR) is 121 cm³/mol. The molecule has 2 fully saturated rings. The molecule has 2 aromatic rings.